The maximum absolute atomic E-state index is 12.4. The van der Waals surface area contributed by atoms with Gasteiger partial charge in [-0.15, -0.1) is 11.3 Å². The van der Waals surface area contributed by atoms with Gasteiger partial charge in [0.2, 0.25) is 5.91 Å². The van der Waals surface area contributed by atoms with Crippen LogP contribution in [0, 0.1) is 25.7 Å². The maximum atomic E-state index is 12.4. The summed E-state index contributed by atoms with van der Waals surface area (Å²) in [6, 6.07) is 2.30. The largest absolute Gasteiger partial charge is 0.349 e. The van der Waals surface area contributed by atoms with Crippen LogP contribution < -0.4 is 11.1 Å². The maximum Gasteiger partial charge on any atom is 0.223 e. The molecule has 1 aromatic heterocycles. The Morgan fingerprint density at radius 3 is 2.55 bits per heavy atom. The molecular formula is C16H26N2OS. The zero-order valence-corrected chi connectivity index (χ0v) is 13.6. The van der Waals surface area contributed by atoms with Crippen molar-refractivity contribution in [3.8, 4) is 0 Å². The molecule has 0 bridgehead atoms. The molecule has 4 heteroatoms. The van der Waals surface area contributed by atoms with E-state index >= 15 is 0 Å². The van der Waals surface area contributed by atoms with Gasteiger partial charge in [-0.3, -0.25) is 4.79 Å². The van der Waals surface area contributed by atoms with Crippen molar-refractivity contribution in [3.63, 3.8) is 0 Å². The number of carbonyl (C=O) groups is 1. The van der Waals surface area contributed by atoms with E-state index in [0.717, 1.165) is 32.2 Å². The van der Waals surface area contributed by atoms with Crippen molar-refractivity contribution in [2.45, 2.75) is 52.5 Å². The Balaban J connectivity index is 1.90. The van der Waals surface area contributed by atoms with Crippen LogP contribution in [0.25, 0.3) is 0 Å². The molecule has 1 amide bonds. The van der Waals surface area contributed by atoms with Gasteiger partial charge in [-0.05, 0) is 70.5 Å². The molecule has 0 spiro atoms. The molecule has 2 rings (SSSR count). The van der Waals surface area contributed by atoms with Gasteiger partial charge in [0.1, 0.15) is 0 Å². The first-order valence-corrected chi connectivity index (χ1v) is 8.40. The van der Waals surface area contributed by atoms with Crippen molar-refractivity contribution in [2.24, 2.45) is 17.6 Å². The van der Waals surface area contributed by atoms with E-state index < -0.39 is 0 Å². The second-order valence-corrected chi connectivity index (χ2v) is 7.51. The smallest absolute Gasteiger partial charge is 0.223 e. The third kappa shape index (κ3) is 3.61. The van der Waals surface area contributed by atoms with Crippen LogP contribution in [0.2, 0.25) is 0 Å². The standard InChI is InChI=1S/C16H26N2OS/c1-10-8-15(12(3)20-10)11(2)18-16(19)14-6-4-13(9-17)5-7-14/h8,11,13-14H,4-7,9,17H2,1-3H3,(H,18,19). The summed E-state index contributed by atoms with van der Waals surface area (Å²) in [6.07, 6.45) is 4.17. The molecule has 1 fully saturated rings. The van der Waals surface area contributed by atoms with Gasteiger partial charge in [0.25, 0.3) is 0 Å². The van der Waals surface area contributed by atoms with Crippen molar-refractivity contribution in [3.05, 3.63) is 21.4 Å². The molecule has 1 atom stereocenters. The fourth-order valence-corrected chi connectivity index (χ4v) is 4.17. The van der Waals surface area contributed by atoms with Crippen LogP contribution >= 0.6 is 11.3 Å². The van der Waals surface area contributed by atoms with Crippen molar-refractivity contribution in [1.82, 2.24) is 5.32 Å². The summed E-state index contributed by atoms with van der Waals surface area (Å²) < 4.78 is 0. The molecule has 1 saturated carbocycles. The molecule has 0 radical (unpaired) electrons. The zero-order valence-electron chi connectivity index (χ0n) is 12.7. The second kappa shape index (κ2) is 6.72. The van der Waals surface area contributed by atoms with Crippen molar-refractivity contribution in [2.75, 3.05) is 6.54 Å². The lowest BCUT2D eigenvalue weighted by Gasteiger charge is -2.28. The lowest BCUT2D eigenvalue weighted by atomic mass is 9.81. The Morgan fingerprint density at radius 2 is 2.05 bits per heavy atom. The van der Waals surface area contributed by atoms with E-state index in [2.05, 4.69) is 32.2 Å². The highest BCUT2D eigenvalue weighted by molar-refractivity contribution is 7.12. The molecule has 1 aliphatic rings. The predicted octanol–water partition coefficient (Wildman–Crippen LogP) is 3.31. The molecule has 1 heterocycles. The Kier molecular flexibility index (Phi) is 5.22. The van der Waals surface area contributed by atoms with E-state index in [1.807, 2.05) is 0 Å². The van der Waals surface area contributed by atoms with Gasteiger partial charge < -0.3 is 11.1 Å². The van der Waals surface area contributed by atoms with Crippen molar-refractivity contribution in [1.29, 1.82) is 0 Å². The minimum Gasteiger partial charge on any atom is -0.349 e. The quantitative estimate of drug-likeness (QED) is 0.895. The van der Waals surface area contributed by atoms with E-state index in [1.165, 1.54) is 15.3 Å². The first-order valence-electron chi connectivity index (χ1n) is 7.58. The lowest BCUT2D eigenvalue weighted by Crippen LogP contribution is -2.35. The van der Waals surface area contributed by atoms with Crippen molar-refractivity contribution < 1.29 is 4.79 Å². The van der Waals surface area contributed by atoms with Crippen LogP contribution in [0.5, 0.6) is 0 Å². The Bertz CT molecular complexity index is 461. The molecule has 1 unspecified atom stereocenters. The van der Waals surface area contributed by atoms with Gasteiger partial charge in [-0.1, -0.05) is 0 Å². The summed E-state index contributed by atoms with van der Waals surface area (Å²) in [5.74, 6) is 1.02. The number of rotatable bonds is 4. The van der Waals surface area contributed by atoms with Crippen LogP contribution in [0.1, 0.15) is 54.0 Å². The van der Waals surface area contributed by atoms with Crippen LogP contribution in [-0.2, 0) is 4.79 Å². The van der Waals surface area contributed by atoms with Gasteiger partial charge in [0.05, 0.1) is 6.04 Å². The molecule has 1 aromatic rings. The van der Waals surface area contributed by atoms with E-state index in [-0.39, 0.29) is 17.9 Å². The predicted molar refractivity (Wildman–Crippen MR) is 84.9 cm³/mol. The SMILES string of the molecule is Cc1cc(C(C)NC(=O)C2CCC(CN)CC2)c(C)s1. The first kappa shape index (κ1) is 15.5. The van der Waals surface area contributed by atoms with Gasteiger partial charge in [-0.2, -0.15) is 0 Å². The normalized spacial score (nSPS) is 24.4. The third-order valence-electron chi connectivity index (χ3n) is 4.46. The second-order valence-electron chi connectivity index (χ2n) is 6.05. The Morgan fingerprint density at radius 1 is 1.40 bits per heavy atom. The summed E-state index contributed by atoms with van der Waals surface area (Å²) in [6.45, 7) is 7.09. The minimum absolute atomic E-state index is 0.111. The summed E-state index contributed by atoms with van der Waals surface area (Å²) >= 11 is 1.80. The lowest BCUT2D eigenvalue weighted by molar-refractivity contribution is -0.126. The highest BCUT2D eigenvalue weighted by Crippen LogP contribution is 2.30. The van der Waals surface area contributed by atoms with Crippen LogP contribution in [0.15, 0.2) is 6.07 Å². The fourth-order valence-electron chi connectivity index (χ4n) is 3.15. The number of hydrogen-bond donors (Lipinski definition) is 2. The van der Waals surface area contributed by atoms with Gasteiger partial charge in [-0.25, -0.2) is 0 Å². The molecule has 20 heavy (non-hydrogen) atoms. The van der Waals surface area contributed by atoms with Crippen LogP contribution in [0.3, 0.4) is 0 Å². The summed E-state index contributed by atoms with van der Waals surface area (Å²) in [5.41, 5.74) is 6.96. The molecule has 0 aromatic carbocycles. The number of amides is 1. The number of thiophene rings is 1. The van der Waals surface area contributed by atoms with Gasteiger partial charge >= 0.3 is 0 Å². The number of aryl methyl sites for hydroxylation is 2. The fraction of sp³-hybridized carbons (Fsp3) is 0.688. The van der Waals surface area contributed by atoms with E-state index in [9.17, 15) is 4.79 Å². The molecule has 3 N–H and O–H groups in total. The summed E-state index contributed by atoms with van der Waals surface area (Å²) in [4.78, 5) is 15.0. The first-order chi connectivity index (χ1) is 9.51. The molecule has 0 saturated heterocycles. The average molecular weight is 294 g/mol. The van der Waals surface area contributed by atoms with E-state index in [4.69, 9.17) is 5.73 Å². The topological polar surface area (TPSA) is 55.1 Å². The highest BCUT2D eigenvalue weighted by Gasteiger charge is 2.26. The van der Waals surface area contributed by atoms with Crippen LogP contribution in [-0.4, -0.2) is 12.5 Å². The van der Waals surface area contributed by atoms with E-state index in [1.54, 1.807) is 11.3 Å². The molecule has 112 valence electrons. The van der Waals surface area contributed by atoms with Gasteiger partial charge in [0.15, 0.2) is 0 Å². The monoisotopic (exact) mass is 294 g/mol. The Hall–Kier alpha value is -0.870. The summed E-state index contributed by atoms with van der Waals surface area (Å²) in [7, 11) is 0. The number of carbonyl (C=O) groups excluding carboxylic acids is 1. The highest BCUT2D eigenvalue weighted by atomic mass is 32.1. The molecular weight excluding hydrogens is 268 g/mol. The van der Waals surface area contributed by atoms with Crippen LogP contribution in [0.4, 0.5) is 0 Å². The number of hydrogen-bond acceptors (Lipinski definition) is 3. The average Bonchev–Trinajstić information content (AvgIpc) is 2.78. The minimum atomic E-state index is 0.111. The zero-order chi connectivity index (χ0) is 14.7. The Labute approximate surface area is 125 Å². The van der Waals surface area contributed by atoms with E-state index in [0.29, 0.717) is 5.92 Å². The van der Waals surface area contributed by atoms with Crippen molar-refractivity contribution >= 4 is 17.2 Å². The molecule has 1 aliphatic carbocycles. The summed E-state index contributed by atoms with van der Waals surface area (Å²) in [5, 5.41) is 3.19. The molecule has 3 nitrogen and oxygen atoms in total. The number of nitrogens with two attached hydrogens (primary N) is 1. The third-order valence-corrected chi connectivity index (χ3v) is 5.44. The van der Waals surface area contributed by atoms with Gasteiger partial charge in [0, 0.05) is 15.7 Å². The molecule has 0 aliphatic heterocycles. The number of nitrogens with one attached hydrogen (secondary N) is 1.